The first kappa shape index (κ1) is 10.3. The van der Waals surface area contributed by atoms with E-state index < -0.39 is 5.97 Å². The van der Waals surface area contributed by atoms with E-state index in [-0.39, 0.29) is 0 Å². The number of nitrogens with two attached hydrogens (primary N) is 1. The van der Waals surface area contributed by atoms with E-state index in [1.165, 1.54) is 19.6 Å². The van der Waals surface area contributed by atoms with Crippen molar-refractivity contribution in [3.8, 4) is 11.1 Å². The van der Waals surface area contributed by atoms with Gasteiger partial charge in [-0.05, 0) is 17.7 Å². The molecular formula is C12H11NO3. The van der Waals surface area contributed by atoms with Crippen molar-refractivity contribution in [2.75, 3.05) is 12.8 Å². The van der Waals surface area contributed by atoms with E-state index in [4.69, 9.17) is 10.2 Å². The van der Waals surface area contributed by atoms with Gasteiger partial charge in [0.2, 0.25) is 0 Å². The van der Waals surface area contributed by atoms with Gasteiger partial charge in [-0.1, -0.05) is 12.1 Å². The summed E-state index contributed by atoms with van der Waals surface area (Å²) in [7, 11) is 1.34. The number of carbonyl (C=O) groups is 1. The van der Waals surface area contributed by atoms with Gasteiger partial charge in [0.25, 0.3) is 0 Å². The van der Waals surface area contributed by atoms with E-state index >= 15 is 0 Å². The molecule has 2 rings (SSSR count). The molecule has 4 nitrogen and oxygen atoms in total. The summed E-state index contributed by atoms with van der Waals surface area (Å²) in [5, 5.41) is 0. The third-order valence-corrected chi connectivity index (χ3v) is 2.29. The predicted molar refractivity (Wildman–Crippen MR) is 59.9 cm³/mol. The molecule has 1 aromatic heterocycles. The van der Waals surface area contributed by atoms with Crippen LogP contribution in [0.4, 0.5) is 5.69 Å². The second kappa shape index (κ2) is 4.10. The molecule has 2 aromatic rings. The van der Waals surface area contributed by atoms with Crippen LogP contribution in [0.15, 0.2) is 41.2 Å². The lowest BCUT2D eigenvalue weighted by molar-refractivity contribution is 0.0600. The minimum Gasteiger partial charge on any atom is -0.471 e. The molecule has 0 bridgehead atoms. The number of methoxy groups -OCH3 is 1. The highest BCUT2D eigenvalue weighted by atomic mass is 16.5. The molecule has 0 aliphatic carbocycles. The van der Waals surface area contributed by atoms with E-state index in [2.05, 4.69) is 4.74 Å². The zero-order valence-electron chi connectivity index (χ0n) is 8.77. The van der Waals surface area contributed by atoms with Gasteiger partial charge in [0.05, 0.1) is 13.4 Å². The Labute approximate surface area is 92.6 Å². The Hall–Kier alpha value is -2.23. The standard InChI is InChI=1S/C12H11NO3/c1-15-12(14)11-7-16-6-10(11)8-2-4-9(13)5-3-8/h2-7H,13H2,1H3. The number of nitrogen functional groups attached to an aromatic ring is 1. The fourth-order valence-electron chi connectivity index (χ4n) is 1.45. The zero-order chi connectivity index (χ0) is 11.5. The monoisotopic (exact) mass is 217 g/mol. The molecule has 0 fully saturated rings. The number of benzene rings is 1. The number of carbonyl (C=O) groups excluding carboxylic acids is 1. The number of anilines is 1. The van der Waals surface area contributed by atoms with Crippen molar-refractivity contribution in [2.45, 2.75) is 0 Å². The molecule has 0 atom stereocenters. The molecule has 4 heteroatoms. The van der Waals surface area contributed by atoms with Crippen molar-refractivity contribution in [1.29, 1.82) is 0 Å². The Kier molecular flexibility index (Phi) is 2.64. The second-order valence-electron chi connectivity index (χ2n) is 3.31. The molecule has 0 amide bonds. The Morgan fingerprint density at radius 2 is 1.94 bits per heavy atom. The van der Waals surface area contributed by atoms with Crippen LogP contribution in [0.1, 0.15) is 10.4 Å². The summed E-state index contributed by atoms with van der Waals surface area (Å²) in [6.45, 7) is 0. The minimum atomic E-state index is -0.416. The number of rotatable bonds is 2. The molecular weight excluding hydrogens is 206 g/mol. The van der Waals surface area contributed by atoms with Crippen LogP contribution in [-0.4, -0.2) is 13.1 Å². The maximum absolute atomic E-state index is 11.4. The molecule has 0 aliphatic rings. The Balaban J connectivity index is 2.44. The Morgan fingerprint density at radius 1 is 1.25 bits per heavy atom. The summed E-state index contributed by atoms with van der Waals surface area (Å²) >= 11 is 0. The largest absolute Gasteiger partial charge is 0.471 e. The second-order valence-corrected chi connectivity index (χ2v) is 3.31. The molecule has 0 radical (unpaired) electrons. The molecule has 0 saturated heterocycles. The summed E-state index contributed by atoms with van der Waals surface area (Å²) in [5.41, 5.74) is 8.24. The van der Waals surface area contributed by atoms with Gasteiger partial charge in [-0.2, -0.15) is 0 Å². The lowest BCUT2D eigenvalue weighted by Crippen LogP contribution is -2.00. The average Bonchev–Trinajstić information content (AvgIpc) is 2.78. The predicted octanol–water partition coefficient (Wildman–Crippen LogP) is 2.32. The van der Waals surface area contributed by atoms with E-state index in [9.17, 15) is 4.79 Å². The van der Waals surface area contributed by atoms with Crippen molar-refractivity contribution < 1.29 is 13.9 Å². The molecule has 1 aromatic carbocycles. The van der Waals surface area contributed by atoms with Crippen molar-refractivity contribution in [3.05, 3.63) is 42.4 Å². The fraction of sp³-hybridized carbons (Fsp3) is 0.0833. The van der Waals surface area contributed by atoms with Gasteiger partial charge >= 0.3 is 5.97 Å². The summed E-state index contributed by atoms with van der Waals surface area (Å²) in [6.07, 6.45) is 2.88. The highest BCUT2D eigenvalue weighted by molar-refractivity contribution is 5.96. The van der Waals surface area contributed by atoms with Crippen LogP contribution in [0, 0.1) is 0 Å². The zero-order valence-corrected chi connectivity index (χ0v) is 8.77. The van der Waals surface area contributed by atoms with Gasteiger partial charge in [-0.3, -0.25) is 0 Å². The maximum atomic E-state index is 11.4. The summed E-state index contributed by atoms with van der Waals surface area (Å²) in [6, 6.07) is 7.19. The lowest BCUT2D eigenvalue weighted by Gasteiger charge is -2.01. The Morgan fingerprint density at radius 3 is 2.56 bits per heavy atom. The summed E-state index contributed by atoms with van der Waals surface area (Å²) < 4.78 is 9.68. The van der Waals surface area contributed by atoms with Crippen molar-refractivity contribution in [1.82, 2.24) is 0 Å². The number of hydrogen-bond donors (Lipinski definition) is 1. The van der Waals surface area contributed by atoms with E-state index in [0.717, 1.165) is 5.56 Å². The molecule has 0 saturated carbocycles. The summed E-state index contributed by atoms with van der Waals surface area (Å²) in [5.74, 6) is -0.416. The molecule has 82 valence electrons. The fourth-order valence-corrected chi connectivity index (χ4v) is 1.45. The molecule has 1 heterocycles. The highest BCUT2D eigenvalue weighted by Crippen LogP contribution is 2.26. The molecule has 0 spiro atoms. The number of ether oxygens (including phenoxy) is 1. The first-order chi connectivity index (χ1) is 7.72. The third-order valence-electron chi connectivity index (χ3n) is 2.29. The summed E-state index contributed by atoms with van der Waals surface area (Å²) in [4.78, 5) is 11.4. The van der Waals surface area contributed by atoms with Crippen molar-refractivity contribution in [2.24, 2.45) is 0 Å². The van der Waals surface area contributed by atoms with Crippen LogP contribution in [0.2, 0.25) is 0 Å². The lowest BCUT2D eigenvalue weighted by atomic mass is 10.0. The quantitative estimate of drug-likeness (QED) is 0.619. The third kappa shape index (κ3) is 1.77. The normalized spacial score (nSPS) is 10.1. The minimum absolute atomic E-state index is 0.410. The molecule has 0 unspecified atom stereocenters. The van der Waals surface area contributed by atoms with Crippen LogP contribution >= 0.6 is 0 Å². The van der Waals surface area contributed by atoms with Gasteiger partial charge in [0.15, 0.2) is 0 Å². The van der Waals surface area contributed by atoms with E-state index in [1.807, 2.05) is 12.1 Å². The van der Waals surface area contributed by atoms with Gasteiger partial charge < -0.3 is 14.9 Å². The number of furan rings is 1. The SMILES string of the molecule is COC(=O)c1cocc1-c1ccc(N)cc1. The van der Waals surface area contributed by atoms with E-state index in [1.54, 1.807) is 12.1 Å². The van der Waals surface area contributed by atoms with Crippen molar-refractivity contribution >= 4 is 11.7 Å². The van der Waals surface area contributed by atoms with E-state index in [0.29, 0.717) is 16.8 Å². The average molecular weight is 217 g/mol. The van der Waals surface area contributed by atoms with Gasteiger partial charge in [0, 0.05) is 11.3 Å². The van der Waals surface area contributed by atoms with Crippen LogP contribution in [0.25, 0.3) is 11.1 Å². The molecule has 16 heavy (non-hydrogen) atoms. The van der Waals surface area contributed by atoms with Gasteiger partial charge in [-0.15, -0.1) is 0 Å². The topological polar surface area (TPSA) is 65.5 Å². The van der Waals surface area contributed by atoms with Crippen LogP contribution in [0.5, 0.6) is 0 Å². The van der Waals surface area contributed by atoms with Crippen molar-refractivity contribution in [3.63, 3.8) is 0 Å². The molecule has 0 aliphatic heterocycles. The smallest absolute Gasteiger partial charge is 0.341 e. The first-order valence-electron chi connectivity index (χ1n) is 4.73. The highest BCUT2D eigenvalue weighted by Gasteiger charge is 2.15. The van der Waals surface area contributed by atoms with Gasteiger partial charge in [0.1, 0.15) is 11.8 Å². The molecule has 2 N–H and O–H groups in total. The van der Waals surface area contributed by atoms with Gasteiger partial charge in [-0.25, -0.2) is 4.79 Å². The first-order valence-corrected chi connectivity index (χ1v) is 4.73. The van der Waals surface area contributed by atoms with Crippen LogP contribution in [-0.2, 0) is 4.74 Å². The maximum Gasteiger partial charge on any atom is 0.341 e. The van der Waals surface area contributed by atoms with Crippen LogP contribution < -0.4 is 5.73 Å². The Bertz CT molecular complexity index is 499. The van der Waals surface area contributed by atoms with Crippen LogP contribution in [0.3, 0.4) is 0 Å². The number of hydrogen-bond acceptors (Lipinski definition) is 4. The number of esters is 1.